The molecule has 0 saturated carbocycles. The molecule has 0 bridgehead atoms. The van der Waals surface area contributed by atoms with Crippen molar-refractivity contribution in [1.82, 2.24) is 5.32 Å². The molecule has 0 aliphatic carbocycles. The second kappa shape index (κ2) is 58.3. The monoisotopic (exact) mass is 1370 g/mol. The van der Waals surface area contributed by atoms with Gasteiger partial charge < -0.3 is 89.9 Å². The third-order valence-electron chi connectivity index (χ3n) is 19.4. The highest BCUT2D eigenvalue weighted by atomic mass is 16.8. The highest BCUT2D eigenvalue weighted by Gasteiger charge is 2.54. The average Bonchev–Trinajstić information content (AvgIpc) is 0.798. The van der Waals surface area contributed by atoms with E-state index < -0.39 is 124 Å². The third-order valence-corrected chi connectivity index (χ3v) is 19.4. The predicted molar refractivity (Wildman–Crippen MR) is 379 cm³/mol. The smallest absolute Gasteiger partial charge is 0.220 e. The summed E-state index contributed by atoms with van der Waals surface area (Å²) in [7, 11) is 0. The number of nitrogens with one attached hydrogen (secondary N) is 1. The summed E-state index contributed by atoms with van der Waals surface area (Å²) in [6.45, 7) is 1.71. The van der Waals surface area contributed by atoms with Gasteiger partial charge in [-0.25, -0.2) is 0 Å². The summed E-state index contributed by atoms with van der Waals surface area (Å²) >= 11 is 0. The van der Waals surface area contributed by atoms with Crippen LogP contribution in [0.1, 0.15) is 303 Å². The number of aliphatic hydroxyl groups is 11. The second-order valence-corrected chi connectivity index (χ2v) is 27.8. The van der Waals surface area contributed by atoms with Crippen LogP contribution in [0.3, 0.4) is 0 Å². The van der Waals surface area contributed by atoms with Gasteiger partial charge in [0.1, 0.15) is 73.2 Å². The Morgan fingerprint density at radius 2 is 0.719 bits per heavy atom. The van der Waals surface area contributed by atoms with E-state index in [1.807, 2.05) is 0 Å². The van der Waals surface area contributed by atoms with E-state index in [0.29, 0.717) is 12.8 Å². The number of hydrogen-bond acceptors (Lipinski definition) is 18. The first kappa shape index (κ1) is 88.0. The first-order valence-corrected chi connectivity index (χ1v) is 38.9. The van der Waals surface area contributed by atoms with E-state index in [0.717, 1.165) is 89.9 Å². The number of rotatable bonds is 61. The van der Waals surface area contributed by atoms with Gasteiger partial charge in [-0.1, -0.05) is 294 Å². The van der Waals surface area contributed by atoms with Crippen molar-refractivity contribution in [2.75, 3.05) is 26.4 Å². The van der Waals surface area contributed by atoms with Crippen LogP contribution in [0.2, 0.25) is 0 Å². The van der Waals surface area contributed by atoms with Gasteiger partial charge in [0.25, 0.3) is 0 Å². The van der Waals surface area contributed by atoms with E-state index >= 15 is 0 Å². The molecule has 19 nitrogen and oxygen atoms in total. The van der Waals surface area contributed by atoms with Gasteiger partial charge in [0.2, 0.25) is 5.91 Å². The van der Waals surface area contributed by atoms with Crippen LogP contribution in [0.4, 0.5) is 0 Å². The third kappa shape index (κ3) is 38.7. The number of hydrogen-bond donors (Lipinski definition) is 12. The molecule has 0 aromatic rings. The van der Waals surface area contributed by atoms with E-state index in [1.165, 1.54) is 180 Å². The summed E-state index contributed by atoms with van der Waals surface area (Å²) in [6, 6.07) is -0.899. The molecule has 12 N–H and O–H groups in total. The molecule has 3 rings (SSSR count). The maximum absolute atomic E-state index is 13.5. The zero-order valence-corrected chi connectivity index (χ0v) is 59.9. The zero-order valence-electron chi connectivity index (χ0n) is 59.9. The van der Waals surface area contributed by atoms with Gasteiger partial charge in [-0.05, 0) is 51.4 Å². The molecule has 0 spiro atoms. The van der Waals surface area contributed by atoms with Gasteiger partial charge in [0.05, 0.1) is 38.6 Å². The molecule has 562 valence electrons. The maximum Gasteiger partial charge on any atom is 0.220 e. The number of allylic oxidation sites excluding steroid dienone is 8. The van der Waals surface area contributed by atoms with Crippen molar-refractivity contribution in [3.63, 3.8) is 0 Å². The molecule has 3 heterocycles. The summed E-state index contributed by atoms with van der Waals surface area (Å²) in [5, 5.41) is 121. The molecule has 96 heavy (non-hydrogen) atoms. The summed E-state index contributed by atoms with van der Waals surface area (Å²) in [4.78, 5) is 13.5. The minimum absolute atomic E-state index is 0.249. The van der Waals surface area contributed by atoms with Gasteiger partial charge in [-0.15, -0.1) is 0 Å². The van der Waals surface area contributed by atoms with Gasteiger partial charge in [-0.2, -0.15) is 0 Å². The van der Waals surface area contributed by atoms with E-state index in [-0.39, 0.29) is 18.9 Å². The zero-order chi connectivity index (χ0) is 69.6. The summed E-state index contributed by atoms with van der Waals surface area (Å²) in [5.41, 5.74) is 0. The Morgan fingerprint density at radius 1 is 0.385 bits per heavy atom. The second-order valence-electron chi connectivity index (χ2n) is 27.8. The van der Waals surface area contributed by atoms with E-state index in [4.69, 9.17) is 28.4 Å². The molecule has 0 aromatic heterocycles. The molecule has 3 aliphatic rings. The summed E-state index contributed by atoms with van der Waals surface area (Å²) in [5.74, 6) is -0.255. The van der Waals surface area contributed by atoms with Crippen LogP contribution in [0.15, 0.2) is 48.6 Å². The number of amides is 1. The maximum atomic E-state index is 13.5. The van der Waals surface area contributed by atoms with Gasteiger partial charge >= 0.3 is 0 Å². The highest BCUT2D eigenvalue weighted by Crippen LogP contribution is 2.33. The minimum Gasteiger partial charge on any atom is -0.394 e. The molecule has 1 amide bonds. The molecule has 3 aliphatic heterocycles. The van der Waals surface area contributed by atoms with Gasteiger partial charge in [0.15, 0.2) is 18.9 Å². The Hall–Kier alpha value is -2.25. The Balaban J connectivity index is 1.36. The lowest BCUT2D eigenvalue weighted by molar-refractivity contribution is -0.379. The number of carbonyl (C=O) groups is 1. The van der Waals surface area contributed by atoms with Crippen molar-refractivity contribution < 1.29 is 89.4 Å². The van der Waals surface area contributed by atoms with Crippen molar-refractivity contribution in [2.45, 2.75) is 407 Å². The van der Waals surface area contributed by atoms with Crippen molar-refractivity contribution in [3.8, 4) is 0 Å². The van der Waals surface area contributed by atoms with Gasteiger partial charge in [-0.3, -0.25) is 4.79 Å². The standard InChI is InChI=1S/C77H141NO18/c1-3-5-7-9-11-13-15-17-19-21-23-24-25-26-27-28-29-30-31-32-33-34-35-37-38-40-42-44-46-48-50-52-54-61(82)60(78-65(83)55-53-51-49-47-45-43-41-39-36-22-20-18-16-14-12-10-8-6-4-2)59-91-75-71(89)68(86)73(63(57-80)93-75)96-77-72(90)69(87)74(64(58-81)94-77)95-76-70(88)67(85)66(84)62(56-79)92-76/h6,8,12,14,18,20,36,39,60-64,66-77,79-82,84-90H,3-5,7,9-11,13,15-17,19,21-35,37-38,40-59H2,1-2H3,(H,78,83)/b8-6-,14-12-,20-18-,39-36-. The van der Waals surface area contributed by atoms with Crippen molar-refractivity contribution in [2.24, 2.45) is 0 Å². The highest BCUT2D eigenvalue weighted by molar-refractivity contribution is 5.76. The summed E-state index contributed by atoms with van der Waals surface area (Å²) in [6.07, 6.45) is 44.9. The van der Waals surface area contributed by atoms with Gasteiger partial charge in [0, 0.05) is 6.42 Å². The number of carbonyl (C=O) groups excluding carboxylic acids is 1. The van der Waals surface area contributed by atoms with Crippen LogP contribution in [-0.2, 0) is 33.2 Å². The molecule has 3 saturated heterocycles. The Labute approximate surface area is 580 Å². The van der Waals surface area contributed by atoms with Crippen molar-refractivity contribution in [3.05, 3.63) is 48.6 Å². The fourth-order valence-corrected chi connectivity index (χ4v) is 13.2. The number of ether oxygens (including phenoxy) is 6. The Kier molecular flexibility index (Phi) is 53.4. The number of aliphatic hydroxyl groups excluding tert-OH is 11. The Morgan fingerprint density at radius 3 is 1.12 bits per heavy atom. The largest absolute Gasteiger partial charge is 0.394 e. The average molecular weight is 1370 g/mol. The fraction of sp³-hybridized carbons (Fsp3) is 0.883. The van der Waals surface area contributed by atoms with Crippen molar-refractivity contribution in [1.29, 1.82) is 0 Å². The first-order chi connectivity index (χ1) is 46.8. The molecule has 19 heteroatoms. The van der Waals surface area contributed by atoms with Crippen LogP contribution in [0.25, 0.3) is 0 Å². The van der Waals surface area contributed by atoms with Crippen LogP contribution in [0.5, 0.6) is 0 Å². The normalized spacial score (nSPS) is 27.3. The molecule has 0 aromatic carbocycles. The van der Waals surface area contributed by atoms with E-state index in [2.05, 4.69) is 67.8 Å². The minimum atomic E-state index is -1.98. The first-order valence-electron chi connectivity index (χ1n) is 38.9. The van der Waals surface area contributed by atoms with Crippen LogP contribution in [0, 0.1) is 0 Å². The molecule has 0 radical (unpaired) electrons. The van der Waals surface area contributed by atoms with Crippen LogP contribution in [-0.4, -0.2) is 193 Å². The topological polar surface area (TPSA) is 307 Å². The van der Waals surface area contributed by atoms with Crippen LogP contribution < -0.4 is 5.32 Å². The molecule has 17 unspecified atom stereocenters. The van der Waals surface area contributed by atoms with E-state index in [1.54, 1.807) is 0 Å². The lowest BCUT2D eigenvalue weighted by Crippen LogP contribution is -2.66. The molecule has 3 fully saturated rings. The SMILES string of the molecule is CC/C=C\C/C=C\C/C=C\C/C=C\CCCCCCCCC(=O)NC(COC1OC(CO)C(OC2OC(CO)C(OC3OC(CO)C(O)C(O)C3O)C(O)C2O)C(O)C1O)C(O)CCCCCCCCCCCCCCCCCCCCCCCCCCCCCCCCCC. The van der Waals surface area contributed by atoms with E-state index in [9.17, 15) is 61.0 Å². The number of unbranched alkanes of at least 4 members (excludes halogenated alkanes) is 37. The molecular weight excluding hydrogens is 1230 g/mol. The predicted octanol–water partition coefficient (Wildman–Crippen LogP) is 12.1. The molecule has 17 atom stereocenters. The lowest BCUT2D eigenvalue weighted by atomic mass is 9.96. The molecular formula is C77H141NO18. The fourth-order valence-electron chi connectivity index (χ4n) is 13.2. The van der Waals surface area contributed by atoms with Crippen LogP contribution >= 0.6 is 0 Å². The summed E-state index contributed by atoms with van der Waals surface area (Å²) < 4.78 is 34.5. The lowest BCUT2D eigenvalue weighted by Gasteiger charge is -2.48. The quantitative estimate of drug-likeness (QED) is 0.0199. The Bertz CT molecular complexity index is 1930. The van der Waals surface area contributed by atoms with Crippen molar-refractivity contribution >= 4 is 5.91 Å².